The number of nitrogens with one attached hydrogen (secondary N) is 2. The molecule has 0 aliphatic heterocycles. The smallest absolute Gasteiger partial charge is 0.255 e. The number of carbonyl (C=O) groups is 1. The van der Waals surface area contributed by atoms with Crippen molar-refractivity contribution >= 4 is 44.4 Å². The van der Waals surface area contributed by atoms with Crippen LogP contribution in [0.3, 0.4) is 0 Å². The molecule has 5 aromatic rings. The molecule has 1 fully saturated rings. The van der Waals surface area contributed by atoms with Gasteiger partial charge in [-0.15, -0.1) is 21.5 Å². The van der Waals surface area contributed by atoms with Crippen LogP contribution in [-0.4, -0.2) is 45.7 Å². The largest absolute Gasteiger partial charge is 0.483 e. The van der Waals surface area contributed by atoms with Crippen molar-refractivity contribution < 1.29 is 17.9 Å². The molecule has 0 saturated heterocycles. The number of sulfone groups is 1. The van der Waals surface area contributed by atoms with E-state index in [1.807, 2.05) is 30.3 Å². The molecule has 2 heterocycles. The second-order valence-electron chi connectivity index (χ2n) is 11.6. The average Bonchev–Trinajstić information content (AvgIpc) is 3.87. The summed E-state index contributed by atoms with van der Waals surface area (Å²) in [6.45, 7) is 0.0484. The molecule has 0 radical (unpaired) electrons. The third-order valence-corrected chi connectivity index (χ3v) is 11.2. The second kappa shape index (κ2) is 15.2. The highest BCUT2D eigenvalue weighted by molar-refractivity contribution is 7.91. The van der Waals surface area contributed by atoms with Crippen molar-refractivity contribution in [3.8, 4) is 5.75 Å². The first-order chi connectivity index (χ1) is 22.8. The molecule has 1 aliphatic carbocycles. The first-order valence-electron chi connectivity index (χ1n) is 15.6. The number of aryl methyl sites for hydroxylation is 3. The van der Waals surface area contributed by atoms with Crippen LogP contribution in [0.5, 0.6) is 5.75 Å². The lowest BCUT2D eigenvalue weighted by atomic mass is 10.0. The van der Waals surface area contributed by atoms with Crippen LogP contribution >= 0.6 is 22.9 Å². The standard InChI is InChI=1S/C34H35ClN6O4S2/c35-27-12-14-28(15-13-27)47(43,44)18-4-6-24-10-16-31(45-21-32-38-40-41-39-32)29(20-24)37-34(42)26-9-3-5-23(19-26)11-17-33-36-30(22-46-33)25-7-1-2-8-25/h3,5,9-10,12-16,19-20,22,25H,1-2,4,6-8,11,17-18,21H2,(H,37,42)(H,38,39,40,41). The van der Waals surface area contributed by atoms with Gasteiger partial charge < -0.3 is 10.1 Å². The topological polar surface area (TPSA) is 140 Å². The van der Waals surface area contributed by atoms with Crippen LogP contribution in [0.4, 0.5) is 5.69 Å². The van der Waals surface area contributed by atoms with Crippen molar-refractivity contribution in [1.29, 1.82) is 0 Å². The number of benzene rings is 3. The molecule has 2 aromatic heterocycles. The molecular formula is C34H35ClN6O4S2. The second-order valence-corrected chi connectivity index (χ2v) is 15.1. The fourth-order valence-corrected chi connectivity index (χ4v) is 8.05. The van der Waals surface area contributed by atoms with Gasteiger partial charge in [0.25, 0.3) is 5.91 Å². The number of anilines is 1. The quantitative estimate of drug-likeness (QED) is 0.127. The molecule has 13 heteroatoms. The lowest BCUT2D eigenvalue weighted by Gasteiger charge is -2.14. The Kier molecular flexibility index (Phi) is 10.6. The van der Waals surface area contributed by atoms with Crippen molar-refractivity contribution in [1.82, 2.24) is 25.6 Å². The van der Waals surface area contributed by atoms with Crippen molar-refractivity contribution in [2.75, 3.05) is 11.1 Å². The molecule has 6 rings (SSSR count). The highest BCUT2D eigenvalue weighted by Gasteiger charge is 2.20. The summed E-state index contributed by atoms with van der Waals surface area (Å²) in [5, 5.41) is 20.6. The third kappa shape index (κ3) is 8.82. The zero-order valence-electron chi connectivity index (χ0n) is 25.7. The summed E-state index contributed by atoms with van der Waals surface area (Å²) in [6.07, 6.45) is 7.54. The number of H-pyrrole nitrogens is 1. The van der Waals surface area contributed by atoms with Gasteiger partial charge in [0.1, 0.15) is 5.75 Å². The summed E-state index contributed by atoms with van der Waals surface area (Å²) in [7, 11) is -3.46. The van der Waals surface area contributed by atoms with Gasteiger partial charge in [-0.2, -0.15) is 5.21 Å². The minimum atomic E-state index is -3.46. The number of ether oxygens (including phenoxy) is 1. The van der Waals surface area contributed by atoms with E-state index in [0.717, 1.165) is 29.0 Å². The number of halogens is 1. The predicted molar refractivity (Wildman–Crippen MR) is 182 cm³/mol. The number of tetrazole rings is 1. The molecule has 2 N–H and O–H groups in total. The average molecular weight is 691 g/mol. The Labute approximate surface area is 282 Å². The van der Waals surface area contributed by atoms with E-state index in [2.05, 4.69) is 31.3 Å². The Bertz CT molecular complexity index is 1910. The molecule has 1 saturated carbocycles. The molecular weight excluding hydrogens is 656 g/mol. The molecule has 0 unspecified atom stereocenters. The molecule has 10 nitrogen and oxygen atoms in total. The lowest BCUT2D eigenvalue weighted by molar-refractivity contribution is 0.102. The lowest BCUT2D eigenvalue weighted by Crippen LogP contribution is -2.14. The van der Waals surface area contributed by atoms with Crippen molar-refractivity contribution in [2.45, 2.75) is 68.8 Å². The fourth-order valence-electron chi connectivity index (χ4n) is 5.73. The van der Waals surface area contributed by atoms with Gasteiger partial charge >= 0.3 is 0 Å². The van der Waals surface area contributed by atoms with E-state index in [4.69, 9.17) is 21.3 Å². The van der Waals surface area contributed by atoms with Crippen molar-refractivity contribution in [3.05, 3.63) is 110 Å². The summed E-state index contributed by atoms with van der Waals surface area (Å²) < 4.78 is 31.6. The maximum atomic E-state index is 13.5. The normalized spacial score (nSPS) is 13.6. The molecule has 47 heavy (non-hydrogen) atoms. The maximum Gasteiger partial charge on any atom is 0.255 e. The van der Waals surface area contributed by atoms with E-state index in [9.17, 15) is 13.2 Å². The third-order valence-electron chi connectivity index (χ3n) is 8.25. The van der Waals surface area contributed by atoms with Crippen LogP contribution in [0.2, 0.25) is 5.02 Å². The van der Waals surface area contributed by atoms with Gasteiger partial charge in [-0.25, -0.2) is 13.4 Å². The van der Waals surface area contributed by atoms with Crippen LogP contribution in [0.25, 0.3) is 0 Å². The number of amides is 1. The van der Waals surface area contributed by atoms with Crippen molar-refractivity contribution in [2.24, 2.45) is 0 Å². The van der Waals surface area contributed by atoms with Gasteiger partial charge in [0.05, 0.1) is 27.0 Å². The number of carbonyl (C=O) groups excluding carboxylic acids is 1. The number of hydrogen-bond donors (Lipinski definition) is 2. The minimum Gasteiger partial charge on any atom is -0.483 e. The monoisotopic (exact) mass is 690 g/mol. The molecule has 0 spiro atoms. The van der Waals surface area contributed by atoms with Crippen LogP contribution in [0.1, 0.15) is 76.0 Å². The van der Waals surface area contributed by atoms with E-state index >= 15 is 0 Å². The van der Waals surface area contributed by atoms with Gasteiger partial charge in [-0.05, 0) is 91.8 Å². The van der Waals surface area contributed by atoms with E-state index in [-0.39, 0.29) is 23.2 Å². The maximum absolute atomic E-state index is 13.5. The number of thiazole rings is 1. The number of aromatic nitrogens is 5. The zero-order valence-corrected chi connectivity index (χ0v) is 28.1. The van der Waals surface area contributed by atoms with Gasteiger partial charge in [0, 0.05) is 28.3 Å². The summed E-state index contributed by atoms with van der Waals surface area (Å²) in [4.78, 5) is 18.6. The SMILES string of the molecule is O=C(Nc1cc(CCCS(=O)(=O)c2ccc(Cl)cc2)ccc1OCc1nn[nH]n1)c1cccc(CCc2nc(C3CCCC3)cs2)c1. The van der Waals surface area contributed by atoms with Crippen LogP contribution < -0.4 is 10.1 Å². The Balaban J connectivity index is 1.12. The number of aromatic amines is 1. The van der Waals surface area contributed by atoms with Gasteiger partial charge in [0.2, 0.25) is 5.82 Å². The number of hydrogen-bond acceptors (Lipinski definition) is 9. The molecule has 244 valence electrons. The van der Waals surface area contributed by atoms with Crippen LogP contribution in [0, 0.1) is 0 Å². The molecule has 0 bridgehead atoms. The first-order valence-corrected chi connectivity index (χ1v) is 18.5. The molecule has 1 aliphatic rings. The Morgan fingerprint density at radius 2 is 1.81 bits per heavy atom. The van der Waals surface area contributed by atoms with Gasteiger partial charge in [0.15, 0.2) is 16.4 Å². The summed E-state index contributed by atoms with van der Waals surface area (Å²) in [5.74, 6) is 1.09. The predicted octanol–water partition coefficient (Wildman–Crippen LogP) is 6.99. The highest BCUT2D eigenvalue weighted by atomic mass is 35.5. The highest BCUT2D eigenvalue weighted by Crippen LogP contribution is 2.34. The molecule has 0 atom stereocenters. The van der Waals surface area contributed by atoms with E-state index < -0.39 is 9.84 Å². The Morgan fingerprint density at radius 3 is 2.60 bits per heavy atom. The van der Waals surface area contributed by atoms with Gasteiger partial charge in [-0.1, -0.05) is 47.9 Å². The molecule has 1 amide bonds. The van der Waals surface area contributed by atoms with Crippen molar-refractivity contribution in [3.63, 3.8) is 0 Å². The van der Waals surface area contributed by atoms with Crippen LogP contribution in [0.15, 0.2) is 77.0 Å². The summed E-state index contributed by atoms with van der Waals surface area (Å²) in [6, 6.07) is 19.2. The number of nitrogens with zero attached hydrogens (tertiary/aromatic N) is 4. The minimum absolute atomic E-state index is 0.0257. The van der Waals surface area contributed by atoms with Crippen LogP contribution in [-0.2, 0) is 35.7 Å². The summed E-state index contributed by atoms with van der Waals surface area (Å²) >= 11 is 7.64. The van der Waals surface area contributed by atoms with Gasteiger partial charge in [-0.3, -0.25) is 4.79 Å². The Hall–Kier alpha value is -4.13. The summed E-state index contributed by atoms with van der Waals surface area (Å²) in [5.41, 5.74) is 4.13. The van der Waals surface area contributed by atoms with E-state index in [1.54, 1.807) is 35.6 Å². The fraction of sp³-hybridized carbons (Fsp3) is 0.324. The zero-order chi connectivity index (χ0) is 32.6. The number of rotatable bonds is 14. The van der Waals surface area contributed by atoms with E-state index in [0.29, 0.717) is 46.6 Å². The Morgan fingerprint density at radius 1 is 1.00 bits per heavy atom. The van der Waals surface area contributed by atoms with E-state index in [1.165, 1.54) is 43.5 Å². The first kappa shape index (κ1) is 32.8. The molecule has 3 aromatic carbocycles.